The van der Waals surface area contributed by atoms with Gasteiger partial charge in [0.2, 0.25) is 0 Å². The van der Waals surface area contributed by atoms with Crippen LogP contribution in [0.5, 0.6) is 0 Å². The Labute approximate surface area is 71.3 Å². The van der Waals surface area contributed by atoms with Gasteiger partial charge in [-0.1, -0.05) is 15.9 Å². The van der Waals surface area contributed by atoms with Crippen LogP contribution in [0.4, 0.5) is 0 Å². The topological polar surface area (TPSA) is 9.23 Å². The van der Waals surface area contributed by atoms with Gasteiger partial charge < -0.3 is 4.74 Å². The lowest BCUT2D eigenvalue weighted by molar-refractivity contribution is 0.0945. The fourth-order valence-electron chi connectivity index (χ4n) is 1.26. The van der Waals surface area contributed by atoms with Crippen molar-refractivity contribution < 1.29 is 4.74 Å². The molecule has 0 spiro atoms. The molecule has 1 saturated carbocycles. The second-order valence-electron chi connectivity index (χ2n) is 3.38. The Hall–Kier alpha value is 0.440. The molecule has 2 heteroatoms. The van der Waals surface area contributed by atoms with Gasteiger partial charge in [0, 0.05) is 12.4 Å². The highest BCUT2D eigenvalue weighted by atomic mass is 79.9. The first kappa shape index (κ1) is 8.54. The van der Waals surface area contributed by atoms with Crippen molar-refractivity contribution in [3.05, 3.63) is 0 Å². The summed E-state index contributed by atoms with van der Waals surface area (Å²) < 4.78 is 5.21. The van der Waals surface area contributed by atoms with Crippen LogP contribution in [0.1, 0.15) is 26.2 Å². The Morgan fingerprint density at radius 3 is 2.50 bits per heavy atom. The van der Waals surface area contributed by atoms with Crippen LogP contribution in [0.15, 0.2) is 0 Å². The van der Waals surface area contributed by atoms with Crippen LogP contribution < -0.4 is 0 Å². The van der Waals surface area contributed by atoms with Crippen molar-refractivity contribution in [3.63, 3.8) is 0 Å². The normalized spacial score (nSPS) is 24.3. The van der Waals surface area contributed by atoms with E-state index in [9.17, 15) is 0 Å². The SMILES string of the molecule is COC(C)CC1(CBr)CC1. The molecule has 0 amide bonds. The summed E-state index contributed by atoms with van der Waals surface area (Å²) in [5.74, 6) is 0. The maximum Gasteiger partial charge on any atom is 0.0548 e. The molecule has 1 rings (SSSR count). The van der Waals surface area contributed by atoms with Crippen molar-refractivity contribution in [3.8, 4) is 0 Å². The third-order valence-electron chi connectivity index (χ3n) is 2.36. The molecular weight excluding hydrogens is 192 g/mol. The van der Waals surface area contributed by atoms with Crippen LogP contribution >= 0.6 is 15.9 Å². The maximum absolute atomic E-state index is 5.21. The molecule has 1 atom stereocenters. The third kappa shape index (κ3) is 1.96. The third-order valence-corrected chi connectivity index (χ3v) is 3.55. The molecule has 0 N–H and O–H groups in total. The first-order chi connectivity index (χ1) is 4.72. The van der Waals surface area contributed by atoms with Gasteiger partial charge in [0.1, 0.15) is 0 Å². The minimum absolute atomic E-state index is 0.431. The van der Waals surface area contributed by atoms with E-state index in [-0.39, 0.29) is 0 Å². The highest BCUT2D eigenvalue weighted by Gasteiger charge is 2.42. The molecule has 0 radical (unpaired) electrons. The van der Waals surface area contributed by atoms with Crippen molar-refractivity contribution in [2.24, 2.45) is 5.41 Å². The average Bonchev–Trinajstić information content (AvgIpc) is 2.70. The summed E-state index contributed by atoms with van der Waals surface area (Å²) in [5, 5.41) is 1.15. The van der Waals surface area contributed by atoms with E-state index in [4.69, 9.17) is 4.74 Å². The van der Waals surface area contributed by atoms with Gasteiger partial charge in [-0.3, -0.25) is 0 Å². The van der Waals surface area contributed by atoms with E-state index in [0.29, 0.717) is 11.5 Å². The van der Waals surface area contributed by atoms with Gasteiger partial charge in [-0.25, -0.2) is 0 Å². The van der Waals surface area contributed by atoms with Crippen molar-refractivity contribution in [1.29, 1.82) is 0 Å². The summed E-state index contributed by atoms with van der Waals surface area (Å²) in [4.78, 5) is 0. The Morgan fingerprint density at radius 1 is 1.60 bits per heavy atom. The zero-order valence-corrected chi connectivity index (χ0v) is 8.28. The predicted molar refractivity (Wildman–Crippen MR) is 46.5 cm³/mol. The van der Waals surface area contributed by atoms with Crippen molar-refractivity contribution in [1.82, 2.24) is 0 Å². The second kappa shape index (κ2) is 3.22. The van der Waals surface area contributed by atoms with E-state index in [1.165, 1.54) is 19.3 Å². The van der Waals surface area contributed by atoms with Gasteiger partial charge in [-0.2, -0.15) is 0 Å². The van der Waals surface area contributed by atoms with Crippen LogP contribution in [0.3, 0.4) is 0 Å². The first-order valence-corrected chi connectivity index (χ1v) is 4.93. The zero-order chi connectivity index (χ0) is 7.61. The molecule has 1 aliphatic rings. The fraction of sp³-hybridized carbons (Fsp3) is 1.00. The van der Waals surface area contributed by atoms with Gasteiger partial charge in [0.25, 0.3) is 0 Å². The summed E-state index contributed by atoms with van der Waals surface area (Å²) in [6.07, 6.45) is 4.41. The Morgan fingerprint density at radius 2 is 2.20 bits per heavy atom. The molecule has 0 bridgehead atoms. The smallest absolute Gasteiger partial charge is 0.0548 e. The van der Waals surface area contributed by atoms with Crippen LogP contribution in [-0.4, -0.2) is 18.5 Å². The molecule has 60 valence electrons. The van der Waals surface area contributed by atoms with E-state index in [1.807, 2.05) is 0 Å². The van der Waals surface area contributed by atoms with Gasteiger partial charge in [0.05, 0.1) is 6.10 Å². The average molecular weight is 207 g/mol. The number of alkyl halides is 1. The monoisotopic (exact) mass is 206 g/mol. The van der Waals surface area contributed by atoms with Gasteiger partial charge >= 0.3 is 0 Å². The molecule has 10 heavy (non-hydrogen) atoms. The molecule has 0 aliphatic heterocycles. The fourth-order valence-corrected chi connectivity index (χ4v) is 2.05. The summed E-state index contributed by atoms with van der Waals surface area (Å²) in [7, 11) is 1.79. The van der Waals surface area contributed by atoms with E-state index in [2.05, 4.69) is 22.9 Å². The molecule has 0 aromatic heterocycles. The number of methoxy groups -OCH3 is 1. The van der Waals surface area contributed by atoms with Gasteiger partial charge in [-0.05, 0) is 31.6 Å². The molecular formula is C8H15BrO. The largest absolute Gasteiger partial charge is 0.382 e. The molecule has 0 saturated heterocycles. The molecule has 1 nitrogen and oxygen atoms in total. The van der Waals surface area contributed by atoms with Crippen LogP contribution in [0.2, 0.25) is 0 Å². The minimum Gasteiger partial charge on any atom is -0.382 e. The number of ether oxygens (including phenoxy) is 1. The Balaban J connectivity index is 2.23. The number of rotatable bonds is 4. The second-order valence-corrected chi connectivity index (χ2v) is 3.94. The standard InChI is InChI=1S/C8H15BrO/c1-7(10-2)5-8(6-9)3-4-8/h7H,3-6H2,1-2H3. The molecule has 0 aromatic carbocycles. The van der Waals surface area contributed by atoms with E-state index in [0.717, 1.165) is 5.33 Å². The Bertz CT molecular complexity index is 110. The summed E-state index contributed by atoms with van der Waals surface area (Å²) in [5.41, 5.74) is 0.607. The van der Waals surface area contributed by atoms with E-state index >= 15 is 0 Å². The lowest BCUT2D eigenvalue weighted by atomic mass is 10.0. The summed E-state index contributed by atoms with van der Waals surface area (Å²) >= 11 is 3.54. The number of hydrogen-bond donors (Lipinski definition) is 0. The lowest BCUT2D eigenvalue weighted by Gasteiger charge is -2.15. The van der Waals surface area contributed by atoms with Gasteiger partial charge in [0.15, 0.2) is 0 Å². The van der Waals surface area contributed by atoms with E-state index < -0.39 is 0 Å². The van der Waals surface area contributed by atoms with E-state index in [1.54, 1.807) is 7.11 Å². The van der Waals surface area contributed by atoms with Crippen molar-refractivity contribution >= 4 is 15.9 Å². The highest BCUT2D eigenvalue weighted by molar-refractivity contribution is 9.09. The zero-order valence-electron chi connectivity index (χ0n) is 6.69. The number of hydrogen-bond acceptors (Lipinski definition) is 1. The minimum atomic E-state index is 0.431. The Kier molecular flexibility index (Phi) is 2.75. The molecule has 1 fully saturated rings. The molecule has 0 heterocycles. The van der Waals surface area contributed by atoms with Gasteiger partial charge in [-0.15, -0.1) is 0 Å². The summed E-state index contributed by atoms with van der Waals surface area (Å²) in [6.45, 7) is 2.14. The lowest BCUT2D eigenvalue weighted by Crippen LogP contribution is -2.14. The molecule has 0 aromatic rings. The van der Waals surface area contributed by atoms with Crippen LogP contribution in [0, 0.1) is 5.41 Å². The molecule has 1 aliphatic carbocycles. The van der Waals surface area contributed by atoms with Crippen LogP contribution in [-0.2, 0) is 4.74 Å². The first-order valence-electron chi connectivity index (χ1n) is 3.81. The van der Waals surface area contributed by atoms with Crippen LogP contribution in [0.25, 0.3) is 0 Å². The van der Waals surface area contributed by atoms with Crippen molar-refractivity contribution in [2.45, 2.75) is 32.3 Å². The summed E-state index contributed by atoms with van der Waals surface area (Å²) in [6, 6.07) is 0. The predicted octanol–water partition coefficient (Wildman–Crippen LogP) is 2.59. The number of halogens is 1. The van der Waals surface area contributed by atoms with Crippen molar-refractivity contribution in [2.75, 3.05) is 12.4 Å². The quantitative estimate of drug-likeness (QED) is 0.644. The maximum atomic E-state index is 5.21. The molecule has 1 unspecified atom stereocenters. The highest BCUT2D eigenvalue weighted by Crippen LogP contribution is 2.51.